The van der Waals surface area contributed by atoms with Crippen LogP contribution in [0.2, 0.25) is 0 Å². The van der Waals surface area contributed by atoms with Gasteiger partial charge in [-0.25, -0.2) is 0 Å². The van der Waals surface area contributed by atoms with Gasteiger partial charge in [0.25, 0.3) is 0 Å². The number of nitrogens with zero attached hydrogens (tertiary/aromatic N) is 1. The van der Waals surface area contributed by atoms with Crippen LogP contribution < -0.4 is 16.0 Å². The van der Waals surface area contributed by atoms with Crippen molar-refractivity contribution in [3.63, 3.8) is 0 Å². The van der Waals surface area contributed by atoms with Crippen LogP contribution in [0.1, 0.15) is 62.3 Å². The van der Waals surface area contributed by atoms with E-state index in [-0.39, 0.29) is 11.3 Å². The van der Waals surface area contributed by atoms with Gasteiger partial charge in [-0.2, -0.15) is 0 Å². The van der Waals surface area contributed by atoms with Gasteiger partial charge >= 0.3 is 0 Å². The van der Waals surface area contributed by atoms with E-state index in [0.29, 0.717) is 13.0 Å². The predicted molar refractivity (Wildman–Crippen MR) is 155 cm³/mol. The van der Waals surface area contributed by atoms with Crippen molar-refractivity contribution in [1.82, 2.24) is 15.6 Å². The van der Waals surface area contributed by atoms with Crippen LogP contribution in [0, 0.1) is 0 Å². The second-order valence-corrected chi connectivity index (χ2v) is 11.2. The predicted octanol–water partition coefficient (Wildman–Crippen LogP) is 5.93. The molecule has 2 aliphatic rings. The van der Waals surface area contributed by atoms with Gasteiger partial charge in [0, 0.05) is 42.3 Å². The van der Waals surface area contributed by atoms with Crippen LogP contribution in [0.25, 0.3) is 0 Å². The normalized spacial score (nSPS) is 17.9. The number of fused-ring (bicyclic) bond motifs is 1. The summed E-state index contributed by atoms with van der Waals surface area (Å²) in [6.45, 7) is 3.42. The largest absolute Gasteiger partial charge is 0.361 e. The maximum atomic E-state index is 14.0. The average Bonchev–Trinajstić information content (AvgIpc) is 2.97. The SMILES string of the molecule is C[C@@](CC1=CNc2ccccc2C1)(NCCc1ccccc1)C(=O)NCC1(c2ccccn2)CCCCC1. The number of amides is 1. The highest BCUT2D eigenvalue weighted by Crippen LogP contribution is 2.38. The molecule has 1 aliphatic carbocycles. The van der Waals surface area contributed by atoms with Crippen molar-refractivity contribution in [3.8, 4) is 0 Å². The minimum absolute atomic E-state index is 0.0613. The fourth-order valence-electron chi connectivity index (χ4n) is 6.08. The Hall–Kier alpha value is -3.44. The topological polar surface area (TPSA) is 66.0 Å². The number of rotatable bonds is 10. The van der Waals surface area contributed by atoms with Gasteiger partial charge in [0.15, 0.2) is 0 Å². The van der Waals surface area contributed by atoms with Crippen LogP contribution in [0.4, 0.5) is 5.69 Å². The molecule has 198 valence electrons. The summed E-state index contributed by atoms with van der Waals surface area (Å²) in [4.78, 5) is 18.7. The first-order valence-electron chi connectivity index (χ1n) is 14.1. The van der Waals surface area contributed by atoms with E-state index in [1.54, 1.807) is 0 Å². The number of anilines is 1. The summed E-state index contributed by atoms with van der Waals surface area (Å²) in [6, 6.07) is 25.0. The van der Waals surface area contributed by atoms with Gasteiger partial charge in [0.2, 0.25) is 5.91 Å². The molecule has 2 heterocycles. The molecule has 38 heavy (non-hydrogen) atoms. The second-order valence-electron chi connectivity index (χ2n) is 11.2. The standard InChI is InChI=1S/C33H40N4O/c1-32(37-21-17-26-12-4-2-5-13-26,23-27-22-28-14-6-7-15-29(28)35-24-27)31(38)36-25-33(18-9-3-10-19-33)30-16-8-11-20-34-30/h2,4-8,11-16,20,24,35,37H,3,9-10,17-19,21-23,25H2,1H3,(H,36,38)/t32-/m0/s1. The van der Waals surface area contributed by atoms with E-state index in [1.165, 1.54) is 36.0 Å². The maximum Gasteiger partial charge on any atom is 0.240 e. The fourth-order valence-corrected chi connectivity index (χ4v) is 6.08. The van der Waals surface area contributed by atoms with Gasteiger partial charge in [0.1, 0.15) is 0 Å². The lowest BCUT2D eigenvalue weighted by molar-refractivity contribution is -0.127. The van der Waals surface area contributed by atoms with Gasteiger partial charge in [-0.3, -0.25) is 9.78 Å². The molecule has 1 fully saturated rings. The van der Waals surface area contributed by atoms with Crippen LogP contribution in [-0.4, -0.2) is 29.5 Å². The Morgan fingerprint density at radius 3 is 2.53 bits per heavy atom. The summed E-state index contributed by atoms with van der Waals surface area (Å²) in [5.41, 5.74) is 5.20. The summed E-state index contributed by atoms with van der Waals surface area (Å²) in [5, 5.41) is 10.5. The van der Waals surface area contributed by atoms with Crippen LogP contribution in [-0.2, 0) is 23.1 Å². The lowest BCUT2D eigenvalue weighted by Crippen LogP contribution is -2.57. The van der Waals surface area contributed by atoms with Gasteiger partial charge < -0.3 is 16.0 Å². The Morgan fingerprint density at radius 1 is 0.974 bits per heavy atom. The lowest BCUT2D eigenvalue weighted by Gasteiger charge is -2.39. The molecule has 1 aliphatic heterocycles. The van der Waals surface area contributed by atoms with Crippen molar-refractivity contribution in [2.45, 2.75) is 69.2 Å². The first-order chi connectivity index (χ1) is 18.6. The molecule has 1 amide bonds. The van der Waals surface area contributed by atoms with Crippen molar-refractivity contribution >= 4 is 11.6 Å². The Morgan fingerprint density at radius 2 is 1.74 bits per heavy atom. The zero-order chi connectivity index (χ0) is 26.3. The van der Waals surface area contributed by atoms with E-state index in [0.717, 1.165) is 43.6 Å². The van der Waals surface area contributed by atoms with E-state index in [4.69, 9.17) is 4.98 Å². The Kier molecular flexibility index (Phi) is 8.23. The van der Waals surface area contributed by atoms with Crippen molar-refractivity contribution in [2.75, 3.05) is 18.4 Å². The quantitative estimate of drug-likeness (QED) is 0.317. The molecule has 5 heteroatoms. The first kappa shape index (κ1) is 26.2. The molecule has 1 saturated carbocycles. The molecule has 0 unspecified atom stereocenters. The van der Waals surface area contributed by atoms with Crippen LogP contribution >= 0.6 is 0 Å². The number of hydrogen-bond acceptors (Lipinski definition) is 4. The maximum absolute atomic E-state index is 14.0. The van der Waals surface area contributed by atoms with Gasteiger partial charge in [-0.05, 0) is 73.9 Å². The molecule has 1 atom stereocenters. The number of hydrogen-bond donors (Lipinski definition) is 3. The van der Waals surface area contributed by atoms with E-state index in [2.05, 4.69) is 89.7 Å². The third-order valence-electron chi connectivity index (χ3n) is 8.33. The summed E-state index contributed by atoms with van der Waals surface area (Å²) in [6.07, 6.45) is 12.1. The summed E-state index contributed by atoms with van der Waals surface area (Å²) >= 11 is 0. The van der Waals surface area contributed by atoms with Crippen molar-refractivity contribution in [1.29, 1.82) is 0 Å². The number of nitrogens with one attached hydrogen (secondary N) is 3. The minimum Gasteiger partial charge on any atom is -0.361 e. The molecule has 1 aromatic heterocycles. The Bertz CT molecular complexity index is 1230. The summed E-state index contributed by atoms with van der Waals surface area (Å²) < 4.78 is 0. The van der Waals surface area contributed by atoms with Crippen LogP contribution in [0.15, 0.2) is 90.8 Å². The number of para-hydroxylation sites is 1. The molecular formula is C33H40N4O. The van der Waals surface area contributed by atoms with E-state index in [1.807, 2.05) is 18.3 Å². The second kappa shape index (κ2) is 12.0. The molecular weight excluding hydrogens is 468 g/mol. The van der Waals surface area contributed by atoms with Crippen molar-refractivity contribution in [3.05, 3.63) is 108 Å². The lowest BCUT2D eigenvalue weighted by atomic mass is 9.71. The molecule has 2 aromatic carbocycles. The molecule has 0 saturated heterocycles. The number of aromatic nitrogens is 1. The first-order valence-corrected chi connectivity index (χ1v) is 14.1. The zero-order valence-corrected chi connectivity index (χ0v) is 22.5. The number of carbonyl (C=O) groups is 1. The smallest absolute Gasteiger partial charge is 0.240 e. The van der Waals surface area contributed by atoms with E-state index < -0.39 is 5.54 Å². The third kappa shape index (κ3) is 6.16. The van der Waals surface area contributed by atoms with Crippen LogP contribution in [0.3, 0.4) is 0 Å². The highest BCUT2D eigenvalue weighted by Gasteiger charge is 2.39. The van der Waals surface area contributed by atoms with Gasteiger partial charge in [0.05, 0.1) is 5.54 Å². The van der Waals surface area contributed by atoms with E-state index >= 15 is 0 Å². The summed E-state index contributed by atoms with van der Waals surface area (Å²) in [5.74, 6) is 0.0613. The molecule has 5 nitrogen and oxygen atoms in total. The summed E-state index contributed by atoms with van der Waals surface area (Å²) in [7, 11) is 0. The molecule has 5 rings (SSSR count). The molecule has 0 bridgehead atoms. The highest BCUT2D eigenvalue weighted by atomic mass is 16.2. The highest BCUT2D eigenvalue weighted by molar-refractivity contribution is 5.86. The molecule has 3 N–H and O–H groups in total. The van der Waals surface area contributed by atoms with Crippen molar-refractivity contribution < 1.29 is 4.79 Å². The number of pyridine rings is 1. The molecule has 0 spiro atoms. The fraction of sp³-hybridized carbons (Fsp3) is 0.394. The van der Waals surface area contributed by atoms with Gasteiger partial charge in [-0.15, -0.1) is 0 Å². The minimum atomic E-state index is -0.728. The number of carbonyl (C=O) groups excluding carboxylic acids is 1. The van der Waals surface area contributed by atoms with Crippen LogP contribution in [0.5, 0.6) is 0 Å². The Labute approximate surface area is 227 Å². The molecule has 3 aromatic rings. The average molecular weight is 509 g/mol. The Balaban J connectivity index is 1.32. The van der Waals surface area contributed by atoms with Gasteiger partial charge in [-0.1, -0.05) is 73.9 Å². The number of benzene rings is 2. The zero-order valence-electron chi connectivity index (χ0n) is 22.5. The monoisotopic (exact) mass is 508 g/mol. The van der Waals surface area contributed by atoms with E-state index in [9.17, 15) is 4.79 Å². The molecule has 0 radical (unpaired) electrons. The van der Waals surface area contributed by atoms with Crippen molar-refractivity contribution in [2.24, 2.45) is 0 Å². The third-order valence-corrected chi connectivity index (χ3v) is 8.33.